The molecule has 0 saturated carbocycles. The molecule has 1 amide bonds. The molecule has 0 aromatic heterocycles. The van der Waals surface area contributed by atoms with Crippen LogP contribution < -0.4 is 5.32 Å². The van der Waals surface area contributed by atoms with E-state index in [1.54, 1.807) is 36.4 Å². The van der Waals surface area contributed by atoms with Crippen LogP contribution in [0, 0.1) is 0 Å². The van der Waals surface area contributed by atoms with Crippen molar-refractivity contribution in [2.75, 3.05) is 6.54 Å². The van der Waals surface area contributed by atoms with Gasteiger partial charge in [0.1, 0.15) is 0 Å². The fraction of sp³-hybridized carbons (Fsp3) is 0.136. The summed E-state index contributed by atoms with van der Waals surface area (Å²) in [5.74, 6) is -0.404. The van der Waals surface area contributed by atoms with E-state index in [1.165, 1.54) is 12.1 Å². The highest BCUT2D eigenvalue weighted by Gasteiger charge is 2.27. The topological polar surface area (TPSA) is 66.5 Å². The number of nitrogens with one attached hydrogen (secondary N) is 1. The van der Waals surface area contributed by atoms with E-state index in [0.29, 0.717) is 22.2 Å². The molecule has 8 heteroatoms. The minimum absolute atomic E-state index is 0.0210. The first kappa shape index (κ1) is 22.3. The number of rotatable bonds is 8. The van der Waals surface area contributed by atoms with Gasteiger partial charge in [-0.25, -0.2) is 8.42 Å². The molecule has 30 heavy (non-hydrogen) atoms. The highest BCUT2D eigenvalue weighted by Crippen LogP contribution is 2.25. The van der Waals surface area contributed by atoms with Gasteiger partial charge in [0.15, 0.2) is 0 Å². The van der Waals surface area contributed by atoms with Crippen LogP contribution in [0.3, 0.4) is 0 Å². The van der Waals surface area contributed by atoms with Crippen molar-refractivity contribution in [2.45, 2.75) is 18.0 Å². The van der Waals surface area contributed by atoms with Gasteiger partial charge in [0.2, 0.25) is 15.9 Å². The Bertz CT molecular complexity index is 1110. The molecule has 5 nitrogen and oxygen atoms in total. The molecular weight excluding hydrogens is 443 g/mol. The Morgan fingerprint density at radius 1 is 0.833 bits per heavy atom. The second-order valence-electron chi connectivity index (χ2n) is 6.60. The molecule has 0 aliphatic rings. The normalized spacial score (nSPS) is 11.4. The Morgan fingerprint density at radius 2 is 1.47 bits per heavy atom. The summed E-state index contributed by atoms with van der Waals surface area (Å²) < 4.78 is 27.5. The van der Waals surface area contributed by atoms with Gasteiger partial charge in [-0.05, 0) is 35.4 Å². The maximum Gasteiger partial charge on any atom is 0.243 e. The molecule has 156 valence electrons. The van der Waals surface area contributed by atoms with Gasteiger partial charge in [0, 0.05) is 13.1 Å². The molecule has 0 atom stereocenters. The Hall–Kier alpha value is -2.38. The van der Waals surface area contributed by atoms with E-state index in [1.807, 2.05) is 30.3 Å². The molecule has 3 aromatic rings. The molecule has 0 radical (unpaired) electrons. The standard InChI is InChI=1S/C22H20Cl2N2O3S/c23-20-12-11-18(13-21(20)24)15-26(30(28,29)19-9-5-2-6-10-19)16-22(27)25-14-17-7-3-1-4-8-17/h1-13H,14-16H2,(H,25,27). The highest BCUT2D eigenvalue weighted by molar-refractivity contribution is 7.89. The summed E-state index contributed by atoms with van der Waals surface area (Å²) in [4.78, 5) is 12.7. The van der Waals surface area contributed by atoms with Gasteiger partial charge < -0.3 is 5.32 Å². The first-order valence-corrected chi connectivity index (χ1v) is 11.4. The molecule has 0 spiro atoms. The van der Waals surface area contributed by atoms with Crippen molar-refractivity contribution in [3.63, 3.8) is 0 Å². The lowest BCUT2D eigenvalue weighted by Crippen LogP contribution is -2.40. The first-order chi connectivity index (χ1) is 14.4. The van der Waals surface area contributed by atoms with Crippen LogP contribution in [0.25, 0.3) is 0 Å². The Balaban J connectivity index is 1.81. The number of amides is 1. The molecule has 0 bridgehead atoms. The maximum atomic E-state index is 13.2. The fourth-order valence-corrected chi connectivity index (χ4v) is 4.55. The van der Waals surface area contributed by atoms with Gasteiger partial charge >= 0.3 is 0 Å². The molecule has 3 aromatic carbocycles. The van der Waals surface area contributed by atoms with Gasteiger partial charge in [0.05, 0.1) is 21.5 Å². The van der Waals surface area contributed by atoms with E-state index in [0.717, 1.165) is 9.87 Å². The highest BCUT2D eigenvalue weighted by atomic mass is 35.5. The summed E-state index contributed by atoms with van der Waals surface area (Å²) in [6.07, 6.45) is 0. The molecule has 0 heterocycles. The van der Waals surface area contributed by atoms with Crippen LogP contribution in [-0.2, 0) is 27.9 Å². The predicted octanol–water partition coefficient (Wildman–Crippen LogP) is 4.50. The van der Waals surface area contributed by atoms with E-state index in [2.05, 4.69) is 5.32 Å². The Kier molecular flexibility index (Phi) is 7.50. The fourth-order valence-electron chi connectivity index (χ4n) is 2.82. The molecule has 0 aliphatic carbocycles. The average Bonchev–Trinajstić information content (AvgIpc) is 2.75. The molecular formula is C22H20Cl2N2O3S. The van der Waals surface area contributed by atoms with Crippen LogP contribution in [0.1, 0.15) is 11.1 Å². The molecule has 0 unspecified atom stereocenters. The number of carbonyl (C=O) groups excluding carboxylic acids is 1. The zero-order valence-electron chi connectivity index (χ0n) is 16.0. The average molecular weight is 463 g/mol. The molecule has 0 aliphatic heterocycles. The number of nitrogens with zero attached hydrogens (tertiary/aromatic N) is 1. The summed E-state index contributed by atoms with van der Waals surface area (Å²) in [5.41, 5.74) is 1.55. The number of hydrogen-bond acceptors (Lipinski definition) is 3. The largest absolute Gasteiger partial charge is 0.351 e. The lowest BCUT2D eigenvalue weighted by molar-refractivity contribution is -0.121. The van der Waals surface area contributed by atoms with E-state index in [-0.39, 0.29) is 18.0 Å². The van der Waals surface area contributed by atoms with Crippen LogP contribution in [-0.4, -0.2) is 25.2 Å². The van der Waals surface area contributed by atoms with Crippen LogP contribution in [0.15, 0.2) is 83.8 Å². The van der Waals surface area contributed by atoms with Crippen molar-refractivity contribution in [2.24, 2.45) is 0 Å². The summed E-state index contributed by atoms with van der Waals surface area (Å²) >= 11 is 12.0. The zero-order valence-corrected chi connectivity index (χ0v) is 18.3. The summed E-state index contributed by atoms with van der Waals surface area (Å²) in [7, 11) is -3.90. The van der Waals surface area contributed by atoms with Crippen LogP contribution >= 0.6 is 23.2 Å². The summed E-state index contributed by atoms with van der Waals surface area (Å²) in [5, 5.41) is 3.46. The first-order valence-electron chi connectivity index (χ1n) is 9.16. The van der Waals surface area contributed by atoms with Crippen molar-refractivity contribution in [3.8, 4) is 0 Å². The number of benzene rings is 3. The maximum absolute atomic E-state index is 13.2. The van der Waals surface area contributed by atoms with Crippen LogP contribution in [0.2, 0.25) is 10.0 Å². The second-order valence-corrected chi connectivity index (χ2v) is 9.35. The van der Waals surface area contributed by atoms with Crippen molar-refractivity contribution < 1.29 is 13.2 Å². The van der Waals surface area contributed by atoms with Gasteiger partial charge in [-0.1, -0.05) is 77.8 Å². The predicted molar refractivity (Wildman–Crippen MR) is 119 cm³/mol. The van der Waals surface area contributed by atoms with E-state index >= 15 is 0 Å². The van der Waals surface area contributed by atoms with Crippen molar-refractivity contribution in [1.82, 2.24) is 9.62 Å². The minimum Gasteiger partial charge on any atom is -0.351 e. The minimum atomic E-state index is -3.90. The van der Waals surface area contributed by atoms with Crippen molar-refractivity contribution in [1.29, 1.82) is 0 Å². The SMILES string of the molecule is O=C(CN(Cc1ccc(Cl)c(Cl)c1)S(=O)(=O)c1ccccc1)NCc1ccccc1. The van der Waals surface area contributed by atoms with Gasteiger partial charge in [0.25, 0.3) is 0 Å². The molecule has 0 fully saturated rings. The van der Waals surface area contributed by atoms with Gasteiger partial charge in [-0.2, -0.15) is 4.31 Å². The molecule has 3 rings (SSSR count). The lowest BCUT2D eigenvalue weighted by atomic mass is 10.2. The molecule has 0 saturated heterocycles. The number of sulfonamides is 1. The van der Waals surface area contributed by atoms with E-state index < -0.39 is 15.9 Å². The van der Waals surface area contributed by atoms with Crippen molar-refractivity contribution in [3.05, 3.63) is 100 Å². The van der Waals surface area contributed by atoms with E-state index in [9.17, 15) is 13.2 Å². The summed E-state index contributed by atoms with van der Waals surface area (Å²) in [6, 6.07) is 22.3. The number of carbonyl (C=O) groups is 1. The number of hydrogen-bond donors (Lipinski definition) is 1. The quantitative estimate of drug-likeness (QED) is 0.535. The third-order valence-corrected chi connectivity index (χ3v) is 6.92. The Labute approximate surface area is 186 Å². The molecule has 1 N–H and O–H groups in total. The van der Waals surface area contributed by atoms with Crippen LogP contribution in [0.5, 0.6) is 0 Å². The number of halogens is 2. The van der Waals surface area contributed by atoms with Crippen LogP contribution in [0.4, 0.5) is 0 Å². The van der Waals surface area contributed by atoms with Gasteiger partial charge in [-0.3, -0.25) is 4.79 Å². The zero-order chi connectivity index (χ0) is 21.6. The monoisotopic (exact) mass is 462 g/mol. The third kappa shape index (κ3) is 5.83. The van der Waals surface area contributed by atoms with Crippen molar-refractivity contribution >= 4 is 39.1 Å². The third-order valence-electron chi connectivity index (χ3n) is 4.38. The summed E-state index contributed by atoms with van der Waals surface area (Å²) in [6.45, 7) is -0.0388. The lowest BCUT2D eigenvalue weighted by Gasteiger charge is -2.22. The van der Waals surface area contributed by atoms with Gasteiger partial charge in [-0.15, -0.1) is 0 Å². The van der Waals surface area contributed by atoms with E-state index in [4.69, 9.17) is 23.2 Å². The smallest absolute Gasteiger partial charge is 0.243 e. The Morgan fingerprint density at radius 3 is 2.10 bits per heavy atom. The second kappa shape index (κ2) is 10.1.